The second-order valence-corrected chi connectivity index (χ2v) is 3.32. The van der Waals surface area contributed by atoms with Gasteiger partial charge in [0.2, 0.25) is 0 Å². The van der Waals surface area contributed by atoms with Gasteiger partial charge in [-0.1, -0.05) is 29.8 Å². The molecule has 0 saturated heterocycles. The van der Waals surface area contributed by atoms with E-state index in [1.54, 1.807) is 48.5 Å². The van der Waals surface area contributed by atoms with Gasteiger partial charge < -0.3 is 10.8 Å². The third-order valence-corrected chi connectivity index (χ3v) is 1.88. The van der Waals surface area contributed by atoms with Gasteiger partial charge in [0.05, 0.1) is 0 Å². The summed E-state index contributed by atoms with van der Waals surface area (Å²) in [7, 11) is 0. The molecule has 2 aromatic rings. The topological polar surface area (TPSA) is 46.2 Å². The maximum Gasteiger partial charge on any atom is 0.115 e. The zero-order valence-corrected chi connectivity index (χ0v) is 8.85. The Morgan fingerprint density at radius 1 is 0.867 bits per heavy atom. The molecule has 0 heterocycles. The van der Waals surface area contributed by atoms with Crippen molar-refractivity contribution >= 4 is 17.3 Å². The molecular weight excluding hydrogens is 210 g/mol. The van der Waals surface area contributed by atoms with Gasteiger partial charge in [-0.05, 0) is 36.4 Å². The number of benzene rings is 2. The standard InChI is InChI=1S/C6H6ClN.C6H6O/c7-5-1-3-6(8)4-2-5;7-6-4-2-1-3-5-6/h1-4H,8H2;1-5,7H. The van der Waals surface area contributed by atoms with Crippen molar-refractivity contribution in [3.05, 3.63) is 59.6 Å². The van der Waals surface area contributed by atoms with Crippen LogP contribution in [-0.2, 0) is 0 Å². The molecular formula is C12H12ClNO. The fourth-order valence-corrected chi connectivity index (χ4v) is 1.02. The molecule has 15 heavy (non-hydrogen) atoms. The van der Waals surface area contributed by atoms with Gasteiger partial charge in [0, 0.05) is 10.7 Å². The highest BCUT2D eigenvalue weighted by atomic mass is 35.5. The number of hydrogen-bond acceptors (Lipinski definition) is 2. The molecule has 0 aliphatic carbocycles. The summed E-state index contributed by atoms with van der Waals surface area (Å²) in [5.41, 5.74) is 6.11. The summed E-state index contributed by atoms with van der Waals surface area (Å²) >= 11 is 5.56. The Morgan fingerprint density at radius 3 is 1.73 bits per heavy atom. The molecule has 0 saturated carbocycles. The molecule has 0 amide bonds. The molecule has 0 fully saturated rings. The Morgan fingerprint density at radius 2 is 1.40 bits per heavy atom. The fraction of sp³-hybridized carbons (Fsp3) is 0. The molecule has 2 aromatic carbocycles. The fourth-order valence-electron chi connectivity index (χ4n) is 0.891. The Hall–Kier alpha value is -1.67. The lowest BCUT2D eigenvalue weighted by molar-refractivity contribution is 0.475. The highest BCUT2D eigenvalue weighted by Crippen LogP contribution is 2.09. The van der Waals surface area contributed by atoms with Crippen LogP contribution in [0.5, 0.6) is 5.75 Å². The van der Waals surface area contributed by atoms with Gasteiger partial charge in [0.25, 0.3) is 0 Å². The molecule has 0 aliphatic heterocycles. The Bertz CT molecular complexity index is 365. The normalized spacial score (nSPS) is 8.87. The number of nitrogen functional groups attached to an aromatic ring is 1. The van der Waals surface area contributed by atoms with Gasteiger partial charge in [-0.2, -0.15) is 0 Å². The number of phenolic OH excluding ortho intramolecular Hbond substituents is 1. The lowest BCUT2D eigenvalue weighted by Gasteiger charge is -1.88. The monoisotopic (exact) mass is 221 g/mol. The molecule has 0 atom stereocenters. The Balaban J connectivity index is 0.000000151. The number of para-hydroxylation sites is 1. The first-order valence-corrected chi connectivity index (χ1v) is 4.81. The van der Waals surface area contributed by atoms with Crippen LogP contribution in [0.25, 0.3) is 0 Å². The first-order valence-electron chi connectivity index (χ1n) is 4.43. The van der Waals surface area contributed by atoms with Crippen LogP contribution < -0.4 is 5.73 Å². The highest BCUT2D eigenvalue weighted by Gasteiger charge is 1.82. The van der Waals surface area contributed by atoms with Crippen LogP contribution in [-0.4, -0.2) is 5.11 Å². The smallest absolute Gasteiger partial charge is 0.115 e. The SMILES string of the molecule is Nc1ccc(Cl)cc1.Oc1ccccc1. The van der Waals surface area contributed by atoms with Crippen molar-refractivity contribution in [2.45, 2.75) is 0 Å². The van der Waals surface area contributed by atoms with Crippen molar-refractivity contribution in [2.75, 3.05) is 5.73 Å². The van der Waals surface area contributed by atoms with Gasteiger partial charge in [-0.3, -0.25) is 0 Å². The minimum atomic E-state index is 0.322. The van der Waals surface area contributed by atoms with Crippen molar-refractivity contribution in [2.24, 2.45) is 0 Å². The zero-order chi connectivity index (χ0) is 11.1. The molecule has 2 rings (SSSR count). The molecule has 0 radical (unpaired) electrons. The first-order chi connectivity index (χ1) is 7.18. The van der Waals surface area contributed by atoms with Crippen molar-refractivity contribution in [1.82, 2.24) is 0 Å². The first kappa shape index (κ1) is 11.4. The molecule has 0 spiro atoms. The van der Waals surface area contributed by atoms with E-state index in [-0.39, 0.29) is 0 Å². The largest absolute Gasteiger partial charge is 0.508 e. The highest BCUT2D eigenvalue weighted by molar-refractivity contribution is 6.30. The van der Waals surface area contributed by atoms with E-state index in [4.69, 9.17) is 22.4 Å². The van der Waals surface area contributed by atoms with Crippen LogP contribution in [0.3, 0.4) is 0 Å². The summed E-state index contributed by atoms with van der Waals surface area (Å²) in [6, 6.07) is 15.8. The average molecular weight is 222 g/mol. The third kappa shape index (κ3) is 4.93. The summed E-state index contributed by atoms with van der Waals surface area (Å²) in [5.74, 6) is 0.322. The molecule has 0 unspecified atom stereocenters. The van der Waals surface area contributed by atoms with Crippen molar-refractivity contribution in [1.29, 1.82) is 0 Å². The summed E-state index contributed by atoms with van der Waals surface area (Å²) in [6.45, 7) is 0. The molecule has 0 aliphatic rings. The number of nitrogens with two attached hydrogens (primary N) is 1. The van der Waals surface area contributed by atoms with E-state index in [2.05, 4.69) is 0 Å². The van der Waals surface area contributed by atoms with Gasteiger partial charge in [0.15, 0.2) is 0 Å². The Labute approximate surface area is 93.9 Å². The predicted octanol–water partition coefficient (Wildman–Crippen LogP) is 3.31. The van der Waals surface area contributed by atoms with E-state index >= 15 is 0 Å². The lowest BCUT2D eigenvalue weighted by Crippen LogP contribution is -1.80. The van der Waals surface area contributed by atoms with Crippen molar-refractivity contribution in [3.63, 3.8) is 0 Å². The quantitative estimate of drug-likeness (QED) is 0.671. The van der Waals surface area contributed by atoms with Crippen LogP contribution in [0.4, 0.5) is 5.69 Å². The van der Waals surface area contributed by atoms with E-state index < -0.39 is 0 Å². The number of halogens is 1. The van der Waals surface area contributed by atoms with Crippen LogP contribution >= 0.6 is 11.6 Å². The Kier molecular flexibility index (Phi) is 4.51. The van der Waals surface area contributed by atoms with Gasteiger partial charge in [-0.15, -0.1) is 0 Å². The van der Waals surface area contributed by atoms with Crippen LogP contribution in [0.15, 0.2) is 54.6 Å². The van der Waals surface area contributed by atoms with Crippen LogP contribution in [0.1, 0.15) is 0 Å². The molecule has 2 nitrogen and oxygen atoms in total. The zero-order valence-electron chi connectivity index (χ0n) is 8.10. The van der Waals surface area contributed by atoms with Gasteiger partial charge >= 0.3 is 0 Å². The van der Waals surface area contributed by atoms with E-state index in [0.717, 1.165) is 10.7 Å². The molecule has 0 aromatic heterocycles. The molecule has 0 bridgehead atoms. The summed E-state index contributed by atoms with van der Waals surface area (Å²) in [4.78, 5) is 0. The van der Waals surface area contributed by atoms with Crippen LogP contribution in [0.2, 0.25) is 5.02 Å². The molecule has 3 N–H and O–H groups in total. The lowest BCUT2D eigenvalue weighted by atomic mass is 10.3. The maximum atomic E-state index is 8.63. The van der Waals surface area contributed by atoms with Gasteiger partial charge in [-0.25, -0.2) is 0 Å². The van der Waals surface area contributed by atoms with E-state index in [1.165, 1.54) is 0 Å². The summed E-state index contributed by atoms with van der Waals surface area (Å²) < 4.78 is 0. The minimum Gasteiger partial charge on any atom is -0.508 e. The van der Waals surface area contributed by atoms with E-state index in [0.29, 0.717) is 5.75 Å². The second-order valence-electron chi connectivity index (χ2n) is 2.89. The summed E-state index contributed by atoms with van der Waals surface area (Å²) in [6.07, 6.45) is 0. The van der Waals surface area contributed by atoms with Crippen molar-refractivity contribution < 1.29 is 5.11 Å². The number of anilines is 1. The number of hydrogen-bond donors (Lipinski definition) is 2. The van der Waals surface area contributed by atoms with Crippen molar-refractivity contribution in [3.8, 4) is 5.75 Å². The maximum absolute atomic E-state index is 8.63. The molecule has 3 heteroatoms. The number of phenols is 1. The van der Waals surface area contributed by atoms with Gasteiger partial charge in [0.1, 0.15) is 5.75 Å². The van der Waals surface area contributed by atoms with E-state index in [1.807, 2.05) is 6.07 Å². The second kappa shape index (κ2) is 5.94. The summed E-state index contributed by atoms with van der Waals surface area (Å²) in [5, 5.41) is 9.35. The number of rotatable bonds is 0. The predicted molar refractivity (Wildman–Crippen MR) is 64.0 cm³/mol. The van der Waals surface area contributed by atoms with E-state index in [9.17, 15) is 0 Å². The molecule has 78 valence electrons. The average Bonchev–Trinajstić information content (AvgIpc) is 2.25. The third-order valence-electron chi connectivity index (χ3n) is 1.63. The van der Waals surface area contributed by atoms with Crippen LogP contribution in [0, 0.1) is 0 Å². The number of aromatic hydroxyl groups is 1. The minimum absolute atomic E-state index is 0.322.